The number of methoxy groups -OCH3 is 1. The monoisotopic (exact) mass is 251 g/mol. The lowest BCUT2D eigenvalue weighted by atomic mass is 9.96. The van der Waals surface area contributed by atoms with Gasteiger partial charge < -0.3 is 10.1 Å². The number of carbonyl (C=O) groups excluding carboxylic acids is 2. The number of ether oxygens (including phenoxy) is 1. The van der Waals surface area contributed by atoms with E-state index in [0.717, 1.165) is 36.9 Å². The quantitative estimate of drug-likeness (QED) is 0.767. The molecule has 0 unspecified atom stereocenters. The highest BCUT2D eigenvalue weighted by atomic mass is 16.5. The van der Waals surface area contributed by atoms with E-state index in [4.69, 9.17) is 0 Å². The van der Waals surface area contributed by atoms with Crippen molar-refractivity contribution >= 4 is 11.9 Å². The number of hydrogen-bond donors (Lipinski definition) is 2. The third-order valence-corrected chi connectivity index (χ3v) is 3.11. The predicted molar refractivity (Wildman–Crippen MR) is 64.2 cm³/mol. The Morgan fingerprint density at radius 1 is 1.39 bits per heavy atom. The molecule has 2 N–H and O–H groups in total. The molecule has 6 heteroatoms. The fourth-order valence-electron chi connectivity index (χ4n) is 2.13. The van der Waals surface area contributed by atoms with Crippen LogP contribution in [0, 0.1) is 0 Å². The highest BCUT2D eigenvalue weighted by Gasteiger charge is 2.21. The number of carbonyl (C=O) groups is 2. The molecule has 0 radical (unpaired) electrons. The topological polar surface area (TPSA) is 84.1 Å². The van der Waals surface area contributed by atoms with Crippen molar-refractivity contribution in [3.63, 3.8) is 0 Å². The fraction of sp³-hybridized carbons (Fsp3) is 0.583. The van der Waals surface area contributed by atoms with Crippen LogP contribution in [-0.2, 0) is 22.4 Å². The molecule has 1 aromatic rings. The van der Waals surface area contributed by atoms with Crippen molar-refractivity contribution < 1.29 is 14.3 Å². The molecule has 1 aliphatic rings. The molecule has 1 amide bonds. The first-order valence-corrected chi connectivity index (χ1v) is 6.13. The lowest BCUT2D eigenvalue weighted by molar-refractivity contribution is -0.140. The van der Waals surface area contributed by atoms with Gasteiger partial charge >= 0.3 is 5.97 Å². The number of aromatic nitrogens is 2. The zero-order valence-electron chi connectivity index (χ0n) is 10.4. The van der Waals surface area contributed by atoms with Crippen LogP contribution in [-0.4, -0.2) is 35.7 Å². The number of amides is 1. The van der Waals surface area contributed by atoms with E-state index < -0.39 is 0 Å². The van der Waals surface area contributed by atoms with E-state index in [1.807, 2.05) is 0 Å². The lowest BCUT2D eigenvalue weighted by Crippen LogP contribution is -2.27. The first kappa shape index (κ1) is 12.6. The highest BCUT2D eigenvalue weighted by Crippen LogP contribution is 2.21. The number of fused-ring (bicyclic) bond motifs is 1. The molecule has 0 spiro atoms. The molecular formula is C12H17N3O3. The van der Waals surface area contributed by atoms with Gasteiger partial charge in [0, 0.05) is 17.8 Å². The molecular weight excluding hydrogens is 234 g/mol. The summed E-state index contributed by atoms with van der Waals surface area (Å²) in [5.74, 6) is -0.558. The van der Waals surface area contributed by atoms with E-state index in [9.17, 15) is 9.59 Å². The lowest BCUT2D eigenvalue weighted by Gasteiger charge is -2.10. The molecule has 1 heterocycles. The fourth-order valence-corrected chi connectivity index (χ4v) is 2.13. The number of aryl methyl sites for hydroxylation is 1. The summed E-state index contributed by atoms with van der Waals surface area (Å²) in [6, 6.07) is 0. The Morgan fingerprint density at radius 3 is 2.94 bits per heavy atom. The van der Waals surface area contributed by atoms with Crippen LogP contribution in [0.4, 0.5) is 0 Å². The van der Waals surface area contributed by atoms with Crippen LogP contribution in [0.2, 0.25) is 0 Å². The predicted octanol–water partition coefficient (Wildman–Crippen LogP) is 0.581. The SMILES string of the molecule is COC(=O)CCNC(=O)c1n[nH]c2c1CCCC2. The van der Waals surface area contributed by atoms with Gasteiger partial charge in [0.2, 0.25) is 0 Å². The number of esters is 1. The molecule has 2 rings (SSSR count). The minimum atomic E-state index is -0.334. The van der Waals surface area contributed by atoms with Gasteiger partial charge in [-0.05, 0) is 25.7 Å². The largest absolute Gasteiger partial charge is 0.469 e. The van der Waals surface area contributed by atoms with Crippen LogP contribution >= 0.6 is 0 Å². The van der Waals surface area contributed by atoms with Crippen LogP contribution in [0.25, 0.3) is 0 Å². The molecule has 1 aliphatic carbocycles. The minimum Gasteiger partial charge on any atom is -0.469 e. The van der Waals surface area contributed by atoms with E-state index in [0.29, 0.717) is 5.69 Å². The van der Waals surface area contributed by atoms with Crippen molar-refractivity contribution in [2.45, 2.75) is 32.1 Å². The van der Waals surface area contributed by atoms with Crippen molar-refractivity contribution in [2.24, 2.45) is 0 Å². The molecule has 0 aliphatic heterocycles. The number of rotatable bonds is 4. The van der Waals surface area contributed by atoms with Gasteiger partial charge in [0.15, 0.2) is 5.69 Å². The van der Waals surface area contributed by atoms with Gasteiger partial charge in [-0.1, -0.05) is 0 Å². The Hall–Kier alpha value is -1.85. The first-order chi connectivity index (χ1) is 8.72. The van der Waals surface area contributed by atoms with Crippen LogP contribution in [0.1, 0.15) is 41.0 Å². The summed E-state index contributed by atoms with van der Waals surface area (Å²) in [6.45, 7) is 0.271. The minimum absolute atomic E-state index is 0.175. The van der Waals surface area contributed by atoms with Crippen molar-refractivity contribution in [3.05, 3.63) is 17.0 Å². The van der Waals surface area contributed by atoms with Gasteiger partial charge in [0.25, 0.3) is 5.91 Å². The number of hydrogen-bond acceptors (Lipinski definition) is 4. The summed E-state index contributed by atoms with van der Waals surface area (Å²) in [6.07, 6.45) is 4.26. The Bertz CT molecular complexity index is 453. The zero-order valence-corrected chi connectivity index (χ0v) is 10.4. The van der Waals surface area contributed by atoms with Crippen LogP contribution < -0.4 is 5.32 Å². The van der Waals surface area contributed by atoms with E-state index in [1.165, 1.54) is 7.11 Å². The number of nitrogens with one attached hydrogen (secondary N) is 2. The highest BCUT2D eigenvalue weighted by molar-refractivity contribution is 5.94. The summed E-state index contributed by atoms with van der Waals surface area (Å²) < 4.78 is 4.50. The van der Waals surface area contributed by atoms with Crippen molar-refractivity contribution in [2.75, 3.05) is 13.7 Å². The molecule has 0 fully saturated rings. The molecule has 0 saturated carbocycles. The summed E-state index contributed by atoms with van der Waals surface area (Å²) in [5, 5.41) is 9.66. The molecule has 0 atom stereocenters. The Labute approximate surface area is 105 Å². The van der Waals surface area contributed by atoms with Crippen LogP contribution in [0.5, 0.6) is 0 Å². The van der Waals surface area contributed by atoms with E-state index in [-0.39, 0.29) is 24.8 Å². The zero-order chi connectivity index (χ0) is 13.0. The van der Waals surface area contributed by atoms with Crippen LogP contribution in [0.15, 0.2) is 0 Å². The Balaban J connectivity index is 1.93. The third kappa shape index (κ3) is 2.69. The van der Waals surface area contributed by atoms with Gasteiger partial charge in [-0.15, -0.1) is 0 Å². The van der Waals surface area contributed by atoms with Crippen LogP contribution in [0.3, 0.4) is 0 Å². The van der Waals surface area contributed by atoms with Gasteiger partial charge in [-0.2, -0.15) is 5.10 Å². The van der Waals surface area contributed by atoms with Crippen molar-refractivity contribution in [3.8, 4) is 0 Å². The Kier molecular flexibility index (Phi) is 3.96. The summed E-state index contributed by atoms with van der Waals surface area (Å²) in [4.78, 5) is 22.8. The second kappa shape index (κ2) is 5.66. The average molecular weight is 251 g/mol. The Morgan fingerprint density at radius 2 is 2.17 bits per heavy atom. The maximum absolute atomic E-state index is 11.9. The van der Waals surface area contributed by atoms with Gasteiger partial charge in [-0.3, -0.25) is 14.7 Å². The molecule has 98 valence electrons. The normalized spacial score (nSPS) is 13.8. The van der Waals surface area contributed by atoms with Crippen molar-refractivity contribution in [1.29, 1.82) is 0 Å². The maximum Gasteiger partial charge on any atom is 0.307 e. The third-order valence-electron chi connectivity index (χ3n) is 3.11. The molecule has 0 aromatic carbocycles. The average Bonchev–Trinajstić information content (AvgIpc) is 2.82. The first-order valence-electron chi connectivity index (χ1n) is 6.13. The van der Waals surface area contributed by atoms with E-state index >= 15 is 0 Å². The van der Waals surface area contributed by atoms with Gasteiger partial charge in [0.1, 0.15) is 0 Å². The number of aromatic amines is 1. The van der Waals surface area contributed by atoms with E-state index in [1.54, 1.807) is 0 Å². The molecule has 0 bridgehead atoms. The van der Waals surface area contributed by atoms with Crippen molar-refractivity contribution in [1.82, 2.24) is 15.5 Å². The second-order valence-electron chi connectivity index (χ2n) is 4.32. The van der Waals surface area contributed by atoms with Gasteiger partial charge in [-0.25, -0.2) is 0 Å². The molecule has 18 heavy (non-hydrogen) atoms. The van der Waals surface area contributed by atoms with E-state index in [2.05, 4.69) is 20.3 Å². The molecule has 0 saturated heterocycles. The maximum atomic E-state index is 11.9. The molecule has 6 nitrogen and oxygen atoms in total. The van der Waals surface area contributed by atoms with Gasteiger partial charge in [0.05, 0.1) is 13.5 Å². The summed E-state index contributed by atoms with van der Waals surface area (Å²) in [7, 11) is 1.33. The smallest absolute Gasteiger partial charge is 0.307 e. The molecule has 1 aromatic heterocycles. The number of nitrogens with zero attached hydrogens (tertiary/aromatic N) is 1. The second-order valence-corrected chi connectivity index (χ2v) is 4.32. The summed E-state index contributed by atoms with van der Waals surface area (Å²) >= 11 is 0. The standard InChI is InChI=1S/C12H17N3O3/c1-18-10(16)6-7-13-12(17)11-8-4-2-3-5-9(8)14-15-11/h2-7H2,1H3,(H,13,17)(H,14,15). The summed E-state index contributed by atoms with van der Waals surface area (Å²) in [5.41, 5.74) is 2.56. The number of H-pyrrole nitrogens is 1.